The SMILES string of the molecule is CCCNC(=O)C1CN(CC(=O)Cc2ccc(Cl)cc2)c2ccccc2O1. The average molecular weight is 387 g/mol. The Labute approximate surface area is 164 Å². The van der Waals surface area contributed by atoms with Crippen LogP contribution in [0.15, 0.2) is 48.5 Å². The monoisotopic (exact) mass is 386 g/mol. The van der Waals surface area contributed by atoms with E-state index in [9.17, 15) is 9.59 Å². The molecule has 1 unspecified atom stereocenters. The molecule has 0 bridgehead atoms. The van der Waals surface area contributed by atoms with Crippen LogP contribution in [0.3, 0.4) is 0 Å². The first-order valence-corrected chi connectivity index (χ1v) is 9.49. The number of fused-ring (bicyclic) bond motifs is 1. The van der Waals surface area contributed by atoms with Gasteiger partial charge in [-0.05, 0) is 36.2 Å². The molecule has 1 heterocycles. The molecule has 1 aliphatic heterocycles. The van der Waals surface area contributed by atoms with E-state index in [1.807, 2.05) is 48.2 Å². The average Bonchev–Trinajstić information content (AvgIpc) is 2.67. The van der Waals surface area contributed by atoms with Crippen molar-refractivity contribution < 1.29 is 14.3 Å². The predicted molar refractivity (Wildman–Crippen MR) is 107 cm³/mol. The third-order valence-electron chi connectivity index (χ3n) is 4.38. The van der Waals surface area contributed by atoms with E-state index in [1.165, 1.54) is 0 Å². The molecule has 3 rings (SSSR count). The van der Waals surface area contributed by atoms with Crippen LogP contribution in [0.5, 0.6) is 5.75 Å². The Morgan fingerprint density at radius 3 is 2.67 bits per heavy atom. The summed E-state index contributed by atoms with van der Waals surface area (Å²) in [7, 11) is 0. The van der Waals surface area contributed by atoms with Crippen molar-refractivity contribution in [2.45, 2.75) is 25.9 Å². The molecule has 5 nitrogen and oxygen atoms in total. The summed E-state index contributed by atoms with van der Waals surface area (Å²) in [6.07, 6.45) is 0.552. The van der Waals surface area contributed by atoms with Crippen LogP contribution in [0.4, 0.5) is 5.69 Å². The number of anilines is 1. The number of hydrogen-bond acceptors (Lipinski definition) is 4. The fourth-order valence-electron chi connectivity index (χ4n) is 3.05. The number of Topliss-reactive ketones (excluding diaryl/α,β-unsaturated/α-hetero) is 1. The van der Waals surface area contributed by atoms with Gasteiger partial charge in [0.25, 0.3) is 5.91 Å². The van der Waals surface area contributed by atoms with E-state index in [0.29, 0.717) is 30.3 Å². The van der Waals surface area contributed by atoms with E-state index in [2.05, 4.69) is 5.32 Å². The van der Waals surface area contributed by atoms with Gasteiger partial charge in [0.05, 0.1) is 18.8 Å². The van der Waals surface area contributed by atoms with Gasteiger partial charge >= 0.3 is 0 Å². The van der Waals surface area contributed by atoms with Crippen molar-refractivity contribution in [1.82, 2.24) is 5.32 Å². The molecule has 1 N–H and O–H groups in total. The van der Waals surface area contributed by atoms with Crippen molar-refractivity contribution >= 4 is 29.0 Å². The van der Waals surface area contributed by atoms with Gasteiger partial charge in [-0.2, -0.15) is 0 Å². The zero-order valence-corrected chi connectivity index (χ0v) is 16.0. The summed E-state index contributed by atoms with van der Waals surface area (Å²) in [6, 6.07) is 14.8. The van der Waals surface area contributed by atoms with Crippen molar-refractivity contribution in [3.63, 3.8) is 0 Å². The molecule has 1 amide bonds. The van der Waals surface area contributed by atoms with Crippen LogP contribution in [0.1, 0.15) is 18.9 Å². The lowest BCUT2D eigenvalue weighted by atomic mass is 10.1. The summed E-state index contributed by atoms with van der Waals surface area (Å²) < 4.78 is 5.85. The van der Waals surface area contributed by atoms with E-state index in [1.54, 1.807) is 12.1 Å². The van der Waals surface area contributed by atoms with E-state index in [-0.39, 0.29) is 18.2 Å². The zero-order chi connectivity index (χ0) is 19.2. The van der Waals surface area contributed by atoms with Gasteiger partial charge in [0, 0.05) is 18.0 Å². The van der Waals surface area contributed by atoms with Gasteiger partial charge in [-0.3, -0.25) is 9.59 Å². The zero-order valence-electron chi connectivity index (χ0n) is 15.3. The van der Waals surface area contributed by atoms with Crippen LogP contribution >= 0.6 is 11.6 Å². The van der Waals surface area contributed by atoms with Crippen molar-refractivity contribution in [2.75, 3.05) is 24.5 Å². The molecule has 0 fully saturated rings. The Hall–Kier alpha value is -2.53. The van der Waals surface area contributed by atoms with Gasteiger partial charge in [0.15, 0.2) is 11.9 Å². The summed E-state index contributed by atoms with van der Waals surface area (Å²) in [5.74, 6) is 0.544. The minimum Gasteiger partial charge on any atom is -0.477 e. The number of para-hydroxylation sites is 2. The Morgan fingerprint density at radius 1 is 1.19 bits per heavy atom. The molecule has 2 aromatic rings. The number of halogens is 1. The second kappa shape index (κ2) is 8.91. The first-order valence-electron chi connectivity index (χ1n) is 9.11. The third-order valence-corrected chi connectivity index (χ3v) is 4.64. The molecule has 2 aromatic carbocycles. The maximum absolute atomic E-state index is 12.6. The Morgan fingerprint density at radius 2 is 1.93 bits per heavy atom. The van der Waals surface area contributed by atoms with Crippen LogP contribution in [0, 0.1) is 0 Å². The summed E-state index contributed by atoms with van der Waals surface area (Å²) in [4.78, 5) is 26.9. The summed E-state index contributed by atoms with van der Waals surface area (Å²) in [5, 5.41) is 3.51. The summed E-state index contributed by atoms with van der Waals surface area (Å²) in [5.41, 5.74) is 1.75. The van der Waals surface area contributed by atoms with Crippen molar-refractivity contribution in [3.8, 4) is 5.75 Å². The second-order valence-electron chi connectivity index (χ2n) is 6.59. The number of hydrogen-bond donors (Lipinski definition) is 1. The van der Waals surface area contributed by atoms with Crippen LogP contribution in [0.25, 0.3) is 0 Å². The second-order valence-corrected chi connectivity index (χ2v) is 7.02. The van der Waals surface area contributed by atoms with Gasteiger partial charge in [-0.25, -0.2) is 0 Å². The minimum atomic E-state index is -0.630. The highest BCUT2D eigenvalue weighted by Gasteiger charge is 2.31. The lowest BCUT2D eigenvalue weighted by Crippen LogP contribution is -2.50. The van der Waals surface area contributed by atoms with Crippen molar-refractivity contribution in [2.24, 2.45) is 0 Å². The van der Waals surface area contributed by atoms with Crippen LogP contribution < -0.4 is 15.0 Å². The normalized spacial score (nSPS) is 15.6. The van der Waals surface area contributed by atoms with Gasteiger partial charge in [-0.1, -0.05) is 42.8 Å². The first-order chi connectivity index (χ1) is 13.1. The summed E-state index contributed by atoms with van der Waals surface area (Å²) in [6.45, 7) is 3.17. The number of ether oxygens (including phenoxy) is 1. The highest BCUT2D eigenvalue weighted by atomic mass is 35.5. The molecule has 0 saturated heterocycles. The molecule has 27 heavy (non-hydrogen) atoms. The van der Waals surface area contributed by atoms with Crippen LogP contribution in [-0.4, -0.2) is 37.4 Å². The Balaban J connectivity index is 1.71. The number of amides is 1. The van der Waals surface area contributed by atoms with Crippen LogP contribution in [-0.2, 0) is 16.0 Å². The van der Waals surface area contributed by atoms with Gasteiger partial charge in [0.1, 0.15) is 5.75 Å². The van der Waals surface area contributed by atoms with Crippen molar-refractivity contribution in [3.05, 3.63) is 59.1 Å². The molecule has 0 aliphatic carbocycles. The molecule has 0 radical (unpaired) electrons. The quantitative estimate of drug-likeness (QED) is 0.793. The number of benzene rings is 2. The topological polar surface area (TPSA) is 58.6 Å². The number of nitrogens with zero attached hydrogens (tertiary/aromatic N) is 1. The van der Waals surface area contributed by atoms with Crippen molar-refractivity contribution in [1.29, 1.82) is 0 Å². The smallest absolute Gasteiger partial charge is 0.262 e. The van der Waals surface area contributed by atoms with E-state index in [0.717, 1.165) is 17.7 Å². The predicted octanol–water partition coefficient (Wildman–Crippen LogP) is 3.25. The maximum atomic E-state index is 12.6. The molecule has 1 aliphatic rings. The molecular weight excluding hydrogens is 364 g/mol. The molecule has 0 aromatic heterocycles. The van der Waals surface area contributed by atoms with Gasteiger partial charge in [-0.15, -0.1) is 0 Å². The standard InChI is InChI=1S/C21H23ClN2O3/c1-2-11-23-21(26)20-14-24(18-5-3-4-6-19(18)27-20)13-17(25)12-15-7-9-16(22)10-8-15/h3-10,20H,2,11-14H2,1H3,(H,23,26). The number of carbonyl (C=O) groups excluding carboxylic acids is 2. The molecule has 0 saturated carbocycles. The van der Waals surface area contributed by atoms with E-state index < -0.39 is 6.10 Å². The lowest BCUT2D eigenvalue weighted by molar-refractivity contribution is -0.128. The Kier molecular flexibility index (Phi) is 6.35. The fraction of sp³-hybridized carbons (Fsp3) is 0.333. The molecule has 1 atom stereocenters. The van der Waals surface area contributed by atoms with E-state index in [4.69, 9.17) is 16.3 Å². The lowest BCUT2D eigenvalue weighted by Gasteiger charge is -2.35. The number of ketones is 1. The van der Waals surface area contributed by atoms with E-state index >= 15 is 0 Å². The first kappa shape index (κ1) is 19.2. The highest BCUT2D eigenvalue weighted by molar-refractivity contribution is 6.30. The van der Waals surface area contributed by atoms with Gasteiger partial charge in [0.2, 0.25) is 0 Å². The van der Waals surface area contributed by atoms with Crippen LogP contribution in [0.2, 0.25) is 5.02 Å². The summed E-state index contributed by atoms with van der Waals surface area (Å²) >= 11 is 5.90. The molecule has 0 spiro atoms. The minimum absolute atomic E-state index is 0.0711. The van der Waals surface area contributed by atoms with Gasteiger partial charge < -0.3 is 15.0 Å². The fourth-order valence-corrected chi connectivity index (χ4v) is 3.18. The Bertz CT molecular complexity index is 807. The maximum Gasteiger partial charge on any atom is 0.262 e. The third kappa shape index (κ3) is 5.01. The largest absolute Gasteiger partial charge is 0.477 e. The molecular formula is C21H23ClN2O3. The number of carbonyl (C=O) groups is 2. The molecule has 6 heteroatoms. The molecule has 142 valence electrons. The highest BCUT2D eigenvalue weighted by Crippen LogP contribution is 2.33. The number of nitrogens with one attached hydrogen (secondary N) is 1. The number of rotatable bonds is 7.